The summed E-state index contributed by atoms with van der Waals surface area (Å²) >= 11 is 0. The molecule has 1 aliphatic rings. The molecule has 26 heavy (non-hydrogen) atoms. The molecule has 1 aromatic carbocycles. The van der Waals surface area contributed by atoms with Crippen LogP contribution in [-0.2, 0) is 4.79 Å². The minimum atomic E-state index is -0.170. The molecule has 1 fully saturated rings. The van der Waals surface area contributed by atoms with Gasteiger partial charge in [0, 0.05) is 19.0 Å². The van der Waals surface area contributed by atoms with E-state index in [9.17, 15) is 9.90 Å². The molecule has 2 aromatic heterocycles. The smallest absolute Gasteiger partial charge is 0.222 e. The van der Waals surface area contributed by atoms with Crippen LogP contribution in [0.25, 0.3) is 22.3 Å². The number of nitrogens with one attached hydrogen (secondary N) is 3. The van der Waals surface area contributed by atoms with E-state index in [2.05, 4.69) is 25.8 Å². The molecule has 3 aromatic rings. The number of carbonyl (C=O) groups is 1. The molecule has 1 unspecified atom stereocenters. The highest BCUT2D eigenvalue weighted by Crippen LogP contribution is 2.37. The van der Waals surface area contributed by atoms with Crippen LogP contribution in [0, 0.1) is 0 Å². The fraction of sp³-hybridized carbons (Fsp3) is 0.316. The van der Waals surface area contributed by atoms with Crippen LogP contribution >= 0.6 is 0 Å². The van der Waals surface area contributed by atoms with E-state index < -0.39 is 0 Å². The number of phenols is 1. The average Bonchev–Trinajstić information content (AvgIpc) is 3.04. The fourth-order valence-electron chi connectivity index (χ4n) is 3.58. The van der Waals surface area contributed by atoms with Gasteiger partial charge in [0.2, 0.25) is 5.91 Å². The zero-order valence-corrected chi connectivity index (χ0v) is 14.5. The number of piperidine rings is 1. The summed E-state index contributed by atoms with van der Waals surface area (Å²) in [5.74, 6) is 0.818. The van der Waals surface area contributed by atoms with Crippen LogP contribution in [0.2, 0.25) is 0 Å². The van der Waals surface area contributed by atoms with Gasteiger partial charge in [0.25, 0.3) is 0 Å². The molecule has 7 nitrogen and oxygen atoms in total. The van der Waals surface area contributed by atoms with Crippen LogP contribution in [0.5, 0.6) is 5.75 Å². The monoisotopic (exact) mass is 351 g/mol. The summed E-state index contributed by atoms with van der Waals surface area (Å²) in [7, 11) is 0. The second kappa shape index (κ2) is 6.76. The van der Waals surface area contributed by atoms with Crippen molar-refractivity contribution >= 4 is 22.8 Å². The SMILES string of the molecule is CC(=O)Nc1n[nH]c2nc(-c3ccccc3O)cc(C3CCCNC3)c12. The van der Waals surface area contributed by atoms with Gasteiger partial charge in [0.05, 0.1) is 11.1 Å². The molecule has 3 heterocycles. The van der Waals surface area contributed by atoms with Gasteiger partial charge in [0.15, 0.2) is 11.5 Å². The van der Waals surface area contributed by atoms with Crippen LogP contribution < -0.4 is 10.6 Å². The first kappa shape index (κ1) is 16.5. The number of para-hydroxylation sites is 1. The molecule has 0 saturated carbocycles. The van der Waals surface area contributed by atoms with Gasteiger partial charge in [-0.2, -0.15) is 5.10 Å². The minimum absolute atomic E-state index is 0.170. The number of rotatable bonds is 3. The molecular formula is C19H21N5O2. The number of nitrogens with zero attached hydrogens (tertiary/aromatic N) is 2. The highest BCUT2D eigenvalue weighted by atomic mass is 16.3. The Kier molecular flexibility index (Phi) is 4.30. The molecular weight excluding hydrogens is 330 g/mol. The number of anilines is 1. The maximum Gasteiger partial charge on any atom is 0.222 e. The number of aromatic hydroxyl groups is 1. The lowest BCUT2D eigenvalue weighted by Crippen LogP contribution is -2.28. The summed E-state index contributed by atoms with van der Waals surface area (Å²) in [6, 6.07) is 9.17. The third-order valence-corrected chi connectivity index (χ3v) is 4.77. The predicted octanol–water partition coefficient (Wildman–Crippen LogP) is 2.76. The average molecular weight is 351 g/mol. The van der Waals surface area contributed by atoms with Gasteiger partial charge in [-0.3, -0.25) is 9.89 Å². The molecule has 0 spiro atoms. The van der Waals surface area contributed by atoms with Crippen molar-refractivity contribution in [3.63, 3.8) is 0 Å². The molecule has 4 N–H and O–H groups in total. The lowest BCUT2D eigenvalue weighted by Gasteiger charge is -2.24. The molecule has 1 atom stereocenters. The third-order valence-electron chi connectivity index (χ3n) is 4.77. The van der Waals surface area contributed by atoms with Crippen molar-refractivity contribution < 1.29 is 9.90 Å². The summed E-state index contributed by atoms with van der Waals surface area (Å²) in [6.07, 6.45) is 2.14. The molecule has 1 saturated heterocycles. The van der Waals surface area contributed by atoms with Gasteiger partial charge in [-0.1, -0.05) is 12.1 Å². The summed E-state index contributed by atoms with van der Waals surface area (Å²) in [5, 5.41) is 24.5. The van der Waals surface area contributed by atoms with Crippen LogP contribution in [0.15, 0.2) is 30.3 Å². The maximum atomic E-state index is 11.5. The van der Waals surface area contributed by atoms with Crippen molar-refractivity contribution in [3.05, 3.63) is 35.9 Å². The Hall–Kier alpha value is -2.93. The van der Waals surface area contributed by atoms with Crippen molar-refractivity contribution in [2.24, 2.45) is 0 Å². The lowest BCUT2D eigenvalue weighted by atomic mass is 9.89. The quantitative estimate of drug-likeness (QED) is 0.581. The largest absolute Gasteiger partial charge is 0.507 e. The third kappa shape index (κ3) is 3.01. The highest BCUT2D eigenvalue weighted by molar-refractivity contribution is 6.00. The zero-order chi connectivity index (χ0) is 18.1. The number of carbonyl (C=O) groups excluding carboxylic acids is 1. The number of fused-ring (bicyclic) bond motifs is 1. The number of aromatic amines is 1. The Morgan fingerprint density at radius 2 is 2.19 bits per heavy atom. The first-order valence-corrected chi connectivity index (χ1v) is 8.79. The summed E-state index contributed by atoms with van der Waals surface area (Å²) in [5.41, 5.74) is 3.05. The number of hydrogen-bond donors (Lipinski definition) is 4. The van der Waals surface area contributed by atoms with E-state index in [4.69, 9.17) is 0 Å². The van der Waals surface area contributed by atoms with Gasteiger partial charge in [-0.15, -0.1) is 0 Å². The predicted molar refractivity (Wildman–Crippen MR) is 100 cm³/mol. The maximum absolute atomic E-state index is 11.5. The van der Waals surface area contributed by atoms with Crippen molar-refractivity contribution in [2.45, 2.75) is 25.7 Å². The van der Waals surface area contributed by atoms with E-state index in [1.165, 1.54) is 6.92 Å². The Balaban J connectivity index is 1.91. The van der Waals surface area contributed by atoms with Gasteiger partial charge in [-0.05, 0) is 49.1 Å². The number of amides is 1. The van der Waals surface area contributed by atoms with E-state index in [1.54, 1.807) is 12.1 Å². The molecule has 4 rings (SSSR count). The van der Waals surface area contributed by atoms with Crippen LogP contribution in [0.4, 0.5) is 5.82 Å². The number of pyridine rings is 1. The molecule has 7 heteroatoms. The second-order valence-corrected chi connectivity index (χ2v) is 6.63. The van der Waals surface area contributed by atoms with E-state index in [0.717, 1.165) is 36.9 Å². The fourth-order valence-corrected chi connectivity index (χ4v) is 3.58. The normalized spacial score (nSPS) is 17.3. The van der Waals surface area contributed by atoms with E-state index in [0.29, 0.717) is 28.6 Å². The minimum Gasteiger partial charge on any atom is -0.507 e. The summed E-state index contributed by atoms with van der Waals surface area (Å²) < 4.78 is 0. The molecule has 1 aliphatic heterocycles. The van der Waals surface area contributed by atoms with Crippen molar-refractivity contribution in [1.29, 1.82) is 0 Å². The summed E-state index contributed by atoms with van der Waals surface area (Å²) in [4.78, 5) is 16.2. The Morgan fingerprint density at radius 1 is 1.35 bits per heavy atom. The van der Waals surface area contributed by atoms with Gasteiger partial charge < -0.3 is 15.7 Å². The molecule has 0 radical (unpaired) electrons. The first-order chi connectivity index (χ1) is 12.6. The topological polar surface area (TPSA) is 103 Å². The second-order valence-electron chi connectivity index (χ2n) is 6.63. The first-order valence-electron chi connectivity index (χ1n) is 8.79. The number of aromatic nitrogens is 3. The van der Waals surface area contributed by atoms with Crippen LogP contribution in [-0.4, -0.2) is 39.3 Å². The Labute approximate surface area is 150 Å². The molecule has 0 aliphatic carbocycles. The van der Waals surface area contributed by atoms with E-state index in [-0.39, 0.29) is 11.7 Å². The number of phenolic OH excluding ortho intramolecular Hbond substituents is 1. The highest BCUT2D eigenvalue weighted by Gasteiger charge is 2.23. The van der Waals surface area contributed by atoms with Crippen molar-refractivity contribution in [3.8, 4) is 17.0 Å². The van der Waals surface area contributed by atoms with Crippen LogP contribution in [0.3, 0.4) is 0 Å². The van der Waals surface area contributed by atoms with E-state index >= 15 is 0 Å². The van der Waals surface area contributed by atoms with Gasteiger partial charge in [0.1, 0.15) is 5.75 Å². The molecule has 1 amide bonds. The van der Waals surface area contributed by atoms with Gasteiger partial charge >= 0.3 is 0 Å². The van der Waals surface area contributed by atoms with Crippen molar-refractivity contribution in [1.82, 2.24) is 20.5 Å². The molecule has 134 valence electrons. The van der Waals surface area contributed by atoms with Crippen molar-refractivity contribution in [2.75, 3.05) is 18.4 Å². The summed E-state index contributed by atoms with van der Waals surface area (Å²) in [6.45, 7) is 3.34. The standard InChI is InChI=1S/C19H21N5O2/c1-11(25)21-18-17-14(12-5-4-8-20-10-12)9-15(22-19(17)24-23-18)13-6-2-3-7-16(13)26/h2-3,6-7,9,12,20,26H,4-5,8,10H2,1H3,(H2,21,22,23,24,25). The van der Waals surface area contributed by atoms with Gasteiger partial charge in [-0.25, -0.2) is 4.98 Å². The Bertz CT molecular complexity index is 960. The number of benzene rings is 1. The zero-order valence-electron chi connectivity index (χ0n) is 14.5. The Morgan fingerprint density at radius 3 is 2.92 bits per heavy atom. The number of H-pyrrole nitrogens is 1. The molecule has 0 bridgehead atoms. The van der Waals surface area contributed by atoms with E-state index in [1.807, 2.05) is 18.2 Å². The lowest BCUT2D eigenvalue weighted by molar-refractivity contribution is -0.114. The van der Waals surface area contributed by atoms with Crippen LogP contribution in [0.1, 0.15) is 31.2 Å². The number of hydrogen-bond acceptors (Lipinski definition) is 5.